The average Bonchev–Trinajstić information content (AvgIpc) is 2.93. The van der Waals surface area contributed by atoms with Gasteiger partial charge in [-0.25, -0.2) is 0 Å². The summed E-state index contributed by atoms with van der Waals surface area (Å²) in [5, 5.41) is 4.57. The van der Waals surface area contributed by atoms with E-state index in [-0.39, 0.29) is 12.5 Å². The van der Waals surface area contributed by atoms with Crippen LogP contribution < -0.4 is 5.32 Å². The lowest BCUT2D eigenvalue weighted by Gasteiger charge is -2.09. The van der Waals surface area contributed by atoms with E-state index in [2.05, 4.69) is 55.3 Å². The molecule has 0 bridgehead atoms. The van der Waals surface area contributed by atoms with Crippen LogP contribution in [0.3, 0.4) is 0 Å². The smallest absolute Gasteiger partial charge is 0.246 e. The SMILES string of the molecule is Cc1c(CCc2ccc(CC(C)C)cc2)sc2c1C(c1ccccc1Cl)=NCC(=O)N2. The van der Waals surface area contributed by atoms with Crippen molar-refractivity contribution in [1.29, 1.82) is 0 Å². The van der Waals surface area contributed by atoms with Crippen molar-refractivity contribution in [2.75, 3.05) is 11.9 Å². The maximum atomic E-state index is 12.3. The minimum Gasteiger partial charge on any atom is -0.316 e. The highest BCUT2D eigenvalue weighted by molar-refractivity contribution is 7.17. The third-order valence-corrected chi connectivity index (χ3v) is 7.15. The molecule has 2 aromatic carbocycles. The molecule has 0 atom stereocenters. The molecule has 0 radical (unpaired) electrons. The Morgan fingerprint density at radius 2 is 1.77 bits per heavy atom. The number of anilines is 1. The van der Waals surface area contributed by atoms with Crippen molar-refractivity contribution in [3.05, 3.63) is 86.2 Å². The van der Waals surface area contributed by atoms with Gasteiger partial charge in [0.2, 0.25) is 5.91 Å². The molecule has 2 heterocycles. The maximum absolute atomic E-state index is 12.3. The molecule has 0 spiro atoms. The monoisotopic (exact) mass is 450 g/mol. The van der Waals surface area contributed by atoms with Crippen LogP contribution in [0.15, 0.2) is 53.5 Å². The first-order chi connectivity index (χ1) is 14.9. The lowest BCUT2D eigenvalue weighted by Crippen LogP contribution is -2.12. The zero-order valence-corrected chi connectivity index (χ0v) is 19.7. The molecule has 0 aliphatic carbocycles. The summed E-state index contributed by atoms with van der Waals surface area (Å²) in [6.07, 6.45) is 3.01. The fourth-order valence-corrected chi connectivity index (χ4v) is 5.46. The Hall–Kier alpha value is -2.43. The van der Waals surface area contributed by atoms with Crippen LogP contribution in [0, 0.1) is 12.8 Å². The number of hydrogen-bond acceptors (Lipinski definition) is 3. The van der Waals surface area contributed by atoms with Gasteiger partial charge in [-0.3, -0.25) is 9.79 Å². The number of fused-ring (bicyclic) bond motifs is 1. The molecule has 3 aromatic rings. The molecule has 3 nitrogen and oxygen atoms in total. The normalized spacial score (nSPS) is 13.6. The molecular formula is C26H27ClN2OS. The molecule has 0 saturated carbocycles. The van der Waals surface area contributed by atoms with Crippen molar-refractivity contribution in [1.82, 2.24) is 0 Å². The van der Waals surface area contributed by atoms with Gasteiger partial charge in [0, 0.05) is 21.0 Å². The fraction of sp³-hybridized carbons (Fsp3) is 0.308. The second-order valence-corrected chi connectivity index (χ2v) is 9.97. The summed E-state index contributed by atoms with van der Waals surface area (Å²) in [5.41, 5.74) is 6.58. The van der Waals surface area contributed by atoms with Gasteiger partial charge in [0.15, 0.2) is 0 Å². The molecule has 1 amide bonds. The first-order valence-corrected chi connectivity index (χ1v) is 11.9. The lowest BCUT2D eigenvalue weighted by molar-refractivity contribution is -0.114. The maximum Gasteiger partial charge on any atom is 0.246 e. The highest BCUT2D eigenvalue weighted by Gasteiger charge is 2.25. The van der Waals surface area contributed by atoms with Crippen molar-refractivity contribution in [3.8, 4) is 0 Å². The zero-order chi connectivity index (χ0) is 22.0. The number of halogens is 1. The summed E-state index contributed by atoms with van der Waals surface area (Å²) in [6.45, 7) is 6.73. The standard InChI is InChI=1S/C26H27ClN2OS/c1-16(2)14-19-10-8-18(9-11-19)12-13-22-17(3)24-25(20-6-4-5-7-21(20)27)28-15-23(30)29-26(24)31-22/h4-11,16H,12-15H2,1-3H3,(H,29,30). The number of rotatable bonds is 6. The largest absolute Gasteiger partial charge is 0.316 e. The molecule has 1 aliphatic heterocycles. The highest BCUT2D eigenvalue weighted by Crippen LogP contribution is 2.38. The van der Waals surface area contributed by atoms with Gasteiger partial charge in [0.05, 0.1) is 5.71 Å². The molecule has 0 fully saturated rings. The average molecular weight is 451 g/mol. The molecule has 160 valence electrons. The summed E-state index contributed by atoms with van der Waals surface area (Å²) in [5.74, 6) is 0.580. The number of carbonyl (C=O) groups is 1. The number of carbonyl (C=O) groups excluding carboxylic acids is 1. The van der Waals surface area contributed by atoms with Crippen LogP contribution in [-0.2, 0) is 24.1 Å². The van der Waals surface area contributed by atoms with Gasteiger partial charge in [-0.15, -0.1) is 11.3 Å². The molecular weight excluding hydrogens is 424 g/mol. The van der Waals surface area contributed by atoms with Crippen molar-refractivity contribution >= 4 is 39.6 Å². The van der Waals surface area contributed by atoms with Gasteiger partial charge in [-0.05, 0) is 54.9 Å². The molecule has 5 heteroatoms. The Morgan fingerprint density at radius 3 is 2.48 bits per heavy atom. The number of aliphatic imine (C=N–C) groups is 1. The third kappa shape index (κ3) is 4.91. The van der Waals surface area contributed by atoms with E-state index in [0.717, 1.165) is 41.1 Å². The molecule has 31 heavy (non-hydrogen) atoms. The zero-order valence-electron chi connectivity index (χ0n) is 18.2. The Labute approximate surface area is 193 Å². The minimum atomic E-state index is -0.0863. The number of thiophene rings is 1. The van der Waals surface area contributed by atoms with Crippen LogP contribution in [0.25, 0.3) is 0 Å². The van der Waals surface area contributed by atoms with Crippen LogP contribution in [0.2, 0.25) is 5.02 Å². The first-order valence-electron chi connectivity index (χ1n) is 10.7. The van der Waals surface area contributed by atoms with Crippen LogP contribution >= 0.6 is 22.9 Å². The Bertz CT molecular complexity index is 1130. The minimum absolute atomic E-state index is 0.0863. The molecule has 1 aromatic heterocycles. The van der Waals surface area contributed by atoms with E-state index in [4.69, 9.17) is 11.6 Å². The predicted octanol–water partition coefficient (Wildman–Crippen LogP) is 6.48. The Balaban J connectivity index is 1.61. The van der Waals surface area contributed by atoms with Gasteiger partial charge in [0.1, 0.15) is 11.5 Å². The van der Waals surface area contributed by atoms with Gasteiger partial charge < -0.3 is 5.32 Å². The molecule has 0 unspecified atom stereocenters. The van der Waals surface area contributed by atoms with E-state index in [1.165, 1.54) is 21.6 Å². The topological polar surface area (TPSA) is 41.5 Å². The fourth-order valence-electron chi connectivity index (χ4n) is 4.01. The highest BCUT2D eigenvalue weighted by atomic mass is 35.5. The Morgan fingerprint density at radius 1 is 1.06 bits per heavy atom. The van der Waals surface area contributed by atoms with E-state index in [1.54, 1.807) is 11.3 Å². The third-order valence-electron chi connectivity index (χ3n) is 5.55. The first kappa shape index (κ1) is 21.8. The summed E-state index contributed by atoms with van der Waals surface area (Å²) in [7, 11) is 0. The van der Waals surface area contributed by atoms with E-state index >= 15 is 0 Å². The van der Waals surface area contributed by atoms with Crippen molar-refractivity contribution < 1.29 is 4.79 Å². The van der Waals surface area contributed by atoms with Crippen molar-refractivity contribution in [2.24, 2.45) is 10.9 Å². The quantitative estimate of drug-likeness (QED) is 0.458. The number of benzene rings is 2. The van der Waals surface area contributed by atoms with Gasteiger partial charge in [-0.2, -0.15) is 0 Å². The van der Waals surface area contributed by atoms with E-state index in [0.29, 0.717) is 10.9 Å². The molecule has 1 aliphatic rings. The van der Waals surface area contributed by atoms with Crippen LogP contribution in [0.1, 0.15) is 46.5 Å². The van der Waals surface area contributed by atoms with Crippen LogP contribution in [-0.4, -0.2) is 18.2 Å². The Kier molecular flexibility index (Phi) is 6.59. The second kappa shape index (κ2) is 9.37. The second-order valence-electron chi connectivity index (χ2n) is 8.46. The number of nitrogens with one attached hydrogen (secondary N) is 1. The van der Waals surface area contributed by atoms with E-state index < -0.39 is 0 Å². The number of amides is 1. The summed E-state index contributed by atoms with van der Waals surface area (Å²) < 4.78 is 0. The van der Waals surface area contributed by atoms with Crippen LogP contribution in [0.5, 0.6) is 0 Å². The molecule has 0 saturated heterocycles. The van der Waals surface area contributed by atoms with Gasteiger partial charge >= 0.3 is 0 Å². The summed E-state index contributed by atoms with van der Waals surface area (Å²) >= 11 is 8.13. The molecule has 1 N–H and O–H groups in total. The predicted molar refractivity (Wildman–Crippen MR) is 132 cm³/mol. The lowest BCUT2D eigenvalue weighted by atomic mass is 9.97. The molecule has 4 rings (SSSR count). The van der Waals surface area contributed by atoms with E-state index in [1.807, 2.05) is 24.3 Å². The van der Waals surface area contributed by atoms with Crippen molar-refractivity contribution in [2.45, 2.75) is 40.0 Å². The summed E-state index contributed by atoms with van der Waals surface area (Å²) in [4.78, 5) is 18.2. The summed E-state index contributed by atoms with van der Waals surface area (Å²) in [6, 6.07) is 16.7. The van der Waals surface area contributed by atoms with Gasteiger partial charge in [-0.1, -0.05) is 67.9 Å². The van der Waals surface area contributed by atoms with Gasteiger partial charge in [0.25, 0.3) is 0 Å². The number of hydrogen-bond donors (Lipinski definition) is 1. The van der Waals surface area contributed by atoms with Crippen molar-refractivity contribution in [3.63, 3.8) is 0 Å². The number of aryl methyl sites for hydroxylation is 2. The van der Waals surface area contributed by atoms with E-state index in [9.17, 15) is 4.79 Å². The van der Waals surface area contributed by atoms with Crippen LogP contribution in [0.4, 0.5) is 5.00 Å². The number of nitrogens with zero attached hydrogens (tertiary/aromatic N) is 1.